The molecule has 0 aliphatic carbocycles. The van der Waals surface area contributed by atoms with Gasteiger partial charge in [0.15, 0.2) is 5.82 Å². The quantitative estimate of drug-likeness (QED) is 0.0596. The summed E-state index contributed by atoms with van der Waals surface area (Å²) in [7, 11) is -0.732. The number of anilines is 5. The Labute approximate surface area is 274 Å². The largest absolute Gasteiger partial charge is 0.495 e. The third-order valence-corrected chi connectivity index (χ3v) is 7.99. The summed E-state index contributed by atoms with van der Waals surface area (Å²) >= 11 is 0. The number of benzene rings is 2. The molecule has 0 bridgehead atoms. The van der Waals surface area contributed by atoms with Crippen molar-refractivity contribution < 1.29 is 37.5 Å². The monoisotopic (exact) mass is 671 g/mol. The van der Waals surface area contributed by atoms with Crippen molar-refractivity contribution in [3.8, 4) is 5.75 Å². The van der Waals surface area contributed by atoms with Crippen LogP contribution in [0.25, 0.3) is 0 Å². The fourth-order valence-corrected chi connectivity index (χ4v) is 4.82. The average molecular weight is 672 g/mol. The van der Waals surface area contributed by atoms with Crippen molar-refractivity contribution in [1.29, 1.82) is 0 Å². The minimum Gasteiger partial charge on any atom is -0.495 e. The number of carbonyl (C=O) groups excluding carboxylic acids is 3. The normalized spacial score (nSPS) is 11.0. The number of amides is 2. The number of sulfonamides is 1. The van der Waals surface area contributed by atoms with E-state index in [1.807, 2.05) is 0 Å². The van der Waals surface area contributed by atoms with E-state index in [-0.39, 0.29) is 29.7 Å². The zero-order valence-electron chi connectivity index (χ0n) is 27.0. The lowest BCUT2D eigenvalue weighted by Crippen LogP contribution is -2.25. The number of unbranched alkanes of at least 4 members (excludes halogenated alkanes) is 3. The Morgan fingerprint density at radius 2 is 1.72 bits per heavy atom. The van der Waals surface area contributed by atoms with E-state index in [0.717, 1.165) is 29.8 Å². The highest BCUT2D eigenvalue weighted by molar-refractivity contribution is 7.92. The van der Waals surface area contributed by atoms with Crippen molar-refractivity contribution in [2.45, 2.75) is 52.1 Å². The van der Waals surface area contributed by atoms with E-state index < -0.39 is 28.0 Å². The molecule has 2 amide bonds. The molecule has 1 heterocycles. The van der Waals surface area contributed by atoms with Gasteiger partial charge in [-0.3, -0.25) is 19.1 Å². The number of ether oxygens (including phenoxy) is 2. The molecule has 3 rings (SSSR count). The Morgan fingerprint density at radius 1 is 1.00 bits per heavy atom. The zero-order chi connectivity index (χ0) is 34.6. The SMILES string of the molecule is COc1cc(C(=O)NCCCCCCC(=O)NO)ccc1Nc1ncc(C(=O)OC(C)C)c(Nc2ccccc2N(C)S(C)(=O)=O)n1. The molecule has 2 aromatic carbocycles. The lowest BCUT2D eigenvalue weighted by Gasteiger charge is -2.21. The standard InChI is InChI=1S/C31H41N7O8S/c1-20(2)46-30(41)22-19-33-31(36-28(22)34-23-12-9-10-13-25(23)38(3)47(5,43)44)35-24-16-15-21(18-26(24)45-4)29(40)32-17-11-7-6-8-14-27(39)37-42/h9-10,12-13,15-16,18-20,42H,6-8,11,14,17H2,1-5H3,(H,32,40)(H,37,39)(H2,33,34,35,36). The van der Waals surface area contributed by atoms with Crippen LogP contribution in [-0.2, 0) is 19.6 Å². The van der Waals surface area contributed by atoms with Crippen LogP contribution in [0.2, 0.25) is 0 Å². The number of methoxy groups -OCH3 is 1. The van der Waals surface area contributed by atoms with Crippen LogP contribution in [0.1, 0.15) is 66.7 Å². The van der Waals surface area contributed by atoms with E-state index in [9.17, 15) is 22.8 Å². The second kappa shape index (κ2) is 17.1. The predicted octanol–water partition coefficient (Wildman–Crippen LogP) is 4.12. The van der Waals surface area contributed by atoms with Gasteiger partial charge in [0.1, 0.15) is 11.3 Å². The molecule has 0 saturated heterocycles. The van der Waals surface area contributed by atoms with Crippen LogP contribution in [0.4, 0.5) is 28.8 Å². The summed E-state index contributed by atoms with van der Waals surface area (Å²) in [5.74, 6) is -0.907. The van der Waals surface area contributed by atoms with Gasteiger partial charge in [-0.05, 0) is 57.0 Å². The Bertz CT molecular complexity index is 1670. The summed E-state index contributed by atoms with van der Waals surface area (Å²) in [6.45, 7) is 3.87. The number of para-hydroxylation sites is 2. The van der Waals surface area contributed by atoms with Gasteiger partial charge in [0.2, 0.25) is 21.9 Å². The summed E-state index contributed by atoms with van der Waals surface area (Å²) in [4.78, 5) is 45.5. The Balaban J connectivity index is 1.79. The zero-order valence-corrected chi connectivity index (χ0v) is 27.8. The summed E-state index contributed by atoms with van der Waals surface area (Å²) in [6.07, 6.45) is 5.19. The maximum absolute atomic E-state index is 12.9. The minimum absolute atomic E-state index is 0.0238. The molecule has 0 spiro atoms. The number of carbonyl (C=O) groups is 3. The molecule has 0 radical (unpaired) electrons. The third kappa shape index (κ3) is 10.8. The number of rotatable bonds is 17. The number of hydroxylamine groups is 1. The van der Waals surface area contributed by atoms with Crippen LogP contribution in [0.5, 0.6) is 5.75 Å². The fourth-order valence-electron chi connectivity index (χ4n) is 4.30. The van der Waals surface area contributed by atoms with Gasteiger partial charge in [-0.15, -0.1) is 0 Å². The van der Waals surface area contributed by atoms with E-state index in [1.165, 1.54) is 20.4 Å². The maximum Gasteiger partial charge on any atom is 0.343 e. The first kappa shape index (κ1) is 36.5. The molecular weight excluding hydrogens is 630 g/mol. The average Bonchev–Trinajstić information content (AvgIpc) is 3.03. The van der Waals surface area contributed by atoms with Gasteiger partial charge in [-0.2, -0.15) is 4.98 Å². The molecule has 254 valence electrons. The van der Waals surface area contributed by atoms with E-state index in [1.54, 1.807) is 61.8 Å². The lowest BCUT2D eigenvalue weighted by molar-refractivity contribution is -0.129. The number of nitrogens with zero attached hydrogens (tertiary/aromatic N) is 3. The molecule has 0 fully saturated rings. The van der Waals surface area contributed by atoms with Gasteiger partial charge in [0.25, 0.3) is 5.91 Å². The van der Waals surface area contributed by atoms with Crippen molar-refractivity contribution in [2.75, 3.05) is 41.9 Å². The first-order valence-corrected chi connectivity index (χ1v) is 16.7. The summed E-state index contributed by atoms with van der Waals surface area (Å²) < 4.78 is 36.5. The smallest absolute Gasteiger partial charge is 0.343 e. The first-order chi connectivity index (χ1) is 22.3. The highest BCUT2D eigenvalue weighted by Crippen LogP contribution is 2.32. The highest BCUT2D eigenvalue weighted by atomic mass is 32.2. The van der Waals surface area contributed by atoms with Gasteiger partial charge in [-0.1, -0.05) is 25.0 Å². The van der Waals surface area contributed by atoms with Crippen LogP contribution in [0.3, 0.4) is 0 Å². The van der Waals surface area contributed by atoms with Gasteiger partial charge >= 0.3 is 5.97 Å². The van der Waals surface area contributed by atoms with E-state index >= 15 is 0 Å². The summed E-state index contributed by atoms with van der Waals surface area (Å²) in [5, 5.41) is 17.5. The number of esters is 1. The van der Waals surface area contributed by atoms with Crippen LogP contribution in [0, 0.1) is 0 Å². The Hall–Kier alpha value is -4.96. The maximum atomic E-state index is 12.9. The van der Waals surface area contributed by atoms with Gasteiger partial charge in [0.05, 0.1) is 36.5 Å². The summed E-state index contributed by atoms with van der Waals surface area (Å²) in [5.41, 5.74) is 3.13. The molecule has 1 aromatic heterocycles. The van der Waals surface area contributed by atoms with Crippen LogP contribution >= 0.6 is 0 Å². The molecule has 0 saturated carbocycles. The summed E-state index contributed by atoms with van der Waals surface area (Å²) in [6, 6.07) is 11.5. The van der Waals surface area contributed by atoms with Crippen LogP contribution in [-0.4, -0.2) is 74.4 Å². The number of hydrogen-bond acceptors (Lipinski definition) is 12. The predicted molar refractivity (Wildman–Crippen MR) is 177 cm³/mol. The molecule has 16 heteroatoms. The minimum atomic E-state index is -3.60. The molecule has 0 atom stereocenters. The number of aromatic nitrogens is 2. The number of nitrogens with one attached hydrogen (secondary N) is 4. The molecule has 15 nitrogen and oxygen atoms in total. The van der Waals surface area contributed by atoms with Crippen LogP contribution in [0.15, 0.2) is 48.7 Å². The third-order valence-electron chi connectivity index (χ3n) is 6.80. The van der Waals surface area contributed by atoms with Crippen molar-refractivity contribution in [2.24, 2.45) is 0 Å². The Morgan fingerprint density at radius 3 is 2.40 bits per heavy atom. The molecule has 5 N–H and O–H groups in total. The van der Waals surface area contributed by atoms with E-state index in [4.69, 9.17) is 14.7 Å². The second-order valence-corrected chi connectivity index (χ2v) is 12.8. The van der Waals surface area contributed by atoms with Gasteiger partial charge in [-0.25, -0.2) is 23.7 Å². The second-order valence-electron chi connectivity index (χ2n) is 10.8. The van der Waals surface area contributed by atoms with Crippen molar-refractivity contribution in [1.82, 2.24) is 20.8 Å². The van der Waals surface area contributed by atoms with Gasteiger partial charge < -0.3 is 25.4 Å². The van der Waals surface area contributed by atoms with E-state index in [0.29, 0.717) is 41.3 Å². The number of hydrogen-bond donors (Lipinski definition) is 5. The van der Waals surface area contributed by atoms with Crippen molar-refractivity contribution >= 4 is 56.6 Å². The van der Waals surface area contributed by atoms with E-state index in [2.05, 4.69) is 25.9 Å². The molecule has 47 heavy (non-hydrogen) atoms. The molecule has 0 aliphatic heterocycles. The Kier molecular flexibility index (Phi) is 13.3. The van der Waals surface area contributed by atoms with Gasteiger partial charge in [0, 0.05) is 31.8 Å². The highest BCUT2D eigenvalue weighted by Gasteiger charge is 2.21. The van der Waals surface area contributed by atoms with Crippen molar-refractivity contribution in [3.05, 3.63) is 59.8 Å². The van der Waals surface area contributed by atoms with Crippen LogP contribution < -0.4 is 30.5 Å². The molecule has 0 aliphatic rings. The molecule has 3 aromatic rings. The van der Waals surface area contributed by atoms with Crippen molar-refractivity contribution in [3.63, 3.8) is 0 Å². The topological polar surface area (TPSA) is 201 Å². The fraction of sp³-hybridized carbons (Fsp3) is 0.387. The first-order valence-electron chi connectivity index (χ1n) is 14.9. The molecular formula is C31H41N7O8S. The molecule has 0 unspecified atom stereocenters. The lowest BCUT2D eigenvalue weighted by atomic mass is 10.1.